The van der Waals surface area contributed by atoms with Crippen LogP contribution in [0.3, 0.4) is 0 Å². The molecule has 1 aliphatic heterocycles. The fraction of sp³-hybridized carbons (Fsp3) is 0.818. The highest BCUT2D eigenvalue weighted by atomic mass is 16.4. The molecule has 2 unspecified atom stereocenters. The van der Waals surface area contributed by atoms with Crippen molar-refractivity contribution in [3.05, 3.63) is 0 Å². The van der Waals surface area contributed by atoms with Gasteiger partial charge in [0, 0.05) is 18.1 Å². The predicted molar refractivity (Wildman–Crippen MR) is 58.1 cm³/mol. The minimum absolute atomic E-state index is 0.0435. The van der Waals surface area contributed by atoms with Crippen molar-refractivity contribution in [3.63, 3.8) is 0 Å². The predicted octanol–water partition coefficient (Wildman–Crippen LogP) is 1.04. The monoisotopic (exact) mass is 226 g/mol. The van der Waals surface area contributed by atoms with Gasteiger partial charge in [0.25, 0.3) is 0 Å². The van der Waals surface area contributed by atoms with E-state index in [0.29, 0.717) is 13.0 Å². The van der Waals surface area contributed by atoms with Crippen LogP contribution in [0.25, 0.3) is 0 Å². The van der Waals surface area contributed by atoms with E-state index in [0.717, 1.165) is 12.8 Å². The molecule has 2 aliphatic rings. The molecule has 0 spiro atoms. The zero-order valence-electron chi connectivity index (χ0n) is 9.69. The molecule has 90 valence electrons. The molecule has 5 heteroatoms. The molecule has 2 amide bonds. The number of hydrogen-bond acceptors (Lipinski definition) is 2. The standard InChI is InChI=1S/C11H18N2O3/c1-7-8(9(14)15)3-6-13(7)10(16)12-11(2)4-5-11/h7-8H,3-6H2,1-2H3,(H,12,16)(H,14,15). The number of urea groups is 1. The summed E-state index contributed by atoms with van der Waals surface area (Å²) in [7, 11) is 0. The Morgan fingerprint density at radius 1 is 1.44 bits per heavy atom. The van der Waals surface area contributed by atoms with Gasteiger partial charge in [0.05, 0.1) is 5.92 Å². The van der Waals surface area contributed by atoms with E-state index in [2.05, 4.69) is 5.32 Å². The van der Waals surface area contributed by atoms with Gasteiger partial charge in [0.2, 0.25) is 0 Å². The number of carbonyl (C=O) groups excluding carboxylic acids is 1. The molecular formula is C11H18N2O3. The van der Waals surface area contributed by atoms with Gasteiger partial charge in [-0.25, -0.2) is 4.79 Å². The largest absolute Gasteiger partial charge is 0.481 e. The van der Waals surface area contributed by atoms with E-state index in [1.165, 1.54) is 0 Å². The molecule has 0 aromatic rings. The second kappa shape index (κ2) is 3.64. The minimum Gasteiger partial charge on any atom is -0.481 e. The van der Waals surface area contributed by atoms with Gasteiger partial charge in [-0.2, -0.15) is 0 Å². The van der Waals surface area contributed by atoms with Gasteiger partial charge in [0.15, 0.2) is 0 Å². The molecule has 0 bridgehead atoms. The van der Waals surface area contributed by atoms with Gasteiger partial charge in [-0.1, -0.05) is 0 Å². The van der Waals surface area contributed by atoms with Crippen molar-refractivity contribution in [3.8, 4) is 0 Å². The lowest BCUT2D eigenvalue weighted by atomic mass is 10.0. The van der Waals surface area contributed by atoms with Crippen LogP contribution in [0.5, 0.6) is 0 Å². The van der Waals surface area contributed by atoms with Crippen molar-refractivity contribution in [1.82, 2.24) is 10.2 Å². The zero-order chi connectivity index (χ0) is 11.9. The Bertz CT molecular complexity index is 325. The van der Waals surface area contributed by atoms with E-state index in [1.54, 1.807) is 11.8 Å². The number of aliphatic carboxylic acids is 1. The Balaban J connectivity index is 1.95. The molecule has 16 heavy (non-hydrogen) atoms. The number of carbonyl (C=O) groups is 2. The Kier molecular flexibility index (Phi) is 2.56. The Morgan fingerprint density at radius 3 is 2.50 bits per heavy atom. The first-order valence-corrected chi connectivity index (χ1v) is 5.74. The Morgan fingerprint density at radius 2 is 2.06 bits per heavy atom. The van der Waals surface area contributed by atoms with Crippen LogP contribution in [-0.2, 0) is 4.79 Å². The summed E-state index contributed by atoms with van der Waals surface area (Å²) in [6, 6.07) is -0.323. The SMILES string of the molecule is CC1C(C(=O)O)CCN1C(=O)NC1(C)CC1. The summed E-state index contributed by atoms with van der Waals surface area (Å²) in [5.41, 5.74) is -0.0435. The smallest absolute Gasteiger partial charge is 0.318 e. The summed E-state index contributed by atoms with van der Waals surface area (Å²) < 4.78 is 0. The number of likely N-dealkylation sites (tertiary alicyclic amines) is 1. The summed E-state index contributed by atoms with van der Waals surface area (Å²) in [5, 5.41) is 11.9. The molecule has 2 N–H and O–H groups in total. The van der Waals surface area contributed by atoms with Crippen molar-refractivity contribution >= 4 is 12.0 Å². The van der Waals surface area contributed by atoms with E-state index in [4.69, 9.17) is 5.11 Å². The number of carboxylic acids is 1. The molecule has 1 heterocycles. The minimum atomic E-state index is -0.805. The maximum atomic E-state index is 11.9. The lowest BCUT2D eigenvalue weighted by Crippen LogP contribution is -2.47. The fourth-order valence-electron chi connectivity index (χ4n) is 2.20. The third-order valence-corrected chi connectivity index (χ3v) is 3.74. The number of nitrogens with zero attached hydrogens (tertiary/aromatic N) is 1. The number of carboxylic acid groups (broad SMARTS) is 1. The van der Waals surface area contributed by atoms with E-state index in [-0.39, 0.29) is 17.6 Å². The van der Waals surface area contributed by atoms with Crippen LogP contribution in [0, 0.1) is 5.92 Å². The average molecular weight is 226 g/mol. The number of rotatable bonds is 2. The quantitative estimate of drug-likeness (QED) is 0.739. The summed E-state index contributed by atoms with van der Waals surface area (Å²) in [6.45, 7) is 4.36. The van der Waals surface area contributed by atoms with Gasteiger partial charge in [-0.05, 0) is 33.1 Å². The molecule has 5 nitrogen and oxygen atoms in total. The topological polar surface area (TPSA) is 69.6 Å². The Labute approximate surface area is 94.8 Å². The second-order valence-electron chi connectivity index (χ2n) is 5.16. The highest BCUT2D eigenvalue weighted by Gasteiger charge is 2.43. The van der Waals surface area contributed by atoms with Crippen molar-refractivity contribution in [1.29, 1.82) is 0 Å². The second-order valence-corrected chi connectivity index (χ2v) is 5.16. The number of hydrogen-bond donors (Lipinski definition) is 2. The van der Waals surface area contributed by atoms with Crippen LogP contribution >= 0.6 is 0 Å². The first-order valence-electron chi connectivity index (χ1n) is 5.74. The first kappa shape index (κ1) is 11.2. The van der Waals surface area contributed by atoms with E-state index >= 15 is 0 Å². The lowest BCUT2D eigenvalue weighted by Gasteiger charge is -2.25. The maximum Gasteiger partial charge on any atom is 0.318 e. The summed E-state index contributed by atoms with van der Waals surface area (Å²) in [5.74, 6) is -1.22. The van der Waals surface area contributed by atoms with Crippen molar-refractivity contribution in [2.75, 3.05) is 6.54 Å². The summed E-state index contributed by atoms with van der Waals surface area (Å²) in [4.78, 5) is 24.5. The fourth-order valence-corrected chi connectivity index (χ4v) is 2.20. The van der Waals surface area contributed by atoms with Gasteiger partial charge < -0.3 is 15.3 Å². The van der Waals surface area contributed by atoms with E-state index in [1.807, 2.05) is 6.92 Å². The highest BCUT2D eigenvalue weighted by Crippen LogP contribution is 2.35. The number of nitrogens with one attached hydrogen (secondary N) is 1. The van der Waals surface area contributed by atoms with Crippen LogP contribution in [0.1, 0.15) is 33.1 Å². The van der Waals surface area contributed by atoms with Crippen molar-refractivity contribution < 1.29 is 14.7 Å². The van der Waals surface area contributed by atoms with Crippen molar-refractivity contribution in [2.45, 2.75) is 44.7 Å². The Hall–Kier alpha value is -1.26. The molecule has 2 rings (SSSR count). The van der Waals surface area contributed by atoms with Gasteiger partial charge in [-0.3, -0.25) is 4.79 Å². The van der Waals surface area contributed by atoms with Crippen LogP contribution in [0.4, 0.5) is 4.79 Å². The molecule has 1 saturated carbocycles. The summed E-state index contributed by atoms with van der Waals surface area (Å²) >= 11 is 0. The highest BCUT2D eigenvalue weighted by molar-refractivity contribution is 5.79. The summed E-state index contributed by atoms with van der Waals surface area (Å²) in [6.07, 6.45) is 2.59. The number of amides is 2. The van der Waals surface area contributed by atoms with E-state index < -0.39 is 11.9 Å². The van der Waals surface area contributed by atoms with Crippen molar-refractivity contribution in [2.24, 2.45) is 5.92 Å². The van der Waals surface area contributed by atoms with Crippen LogP contribution in [0.15, 0.2) is 0 Å². The van der Waals surface area contributed by atoms with Gasteiger partial charge in [-0.15, -0.1) is 0 Å². The van der Waals surface area contributed by atoms with Crippen LogP contribution in [0.2, 0.25) is 0 Å². The van der Waals surface area contributed by atoms with E-state index in [9.17, 15) is 9.59 Å². The van der Waals surface area contributed by atoms with Crippen LogP contribution in [-0.4, -0.2) is 40.1 Å². The van der Waals surface area contributed by atoms with Gasteiger partial charge >= 0.3 is 12.0 Å². The first-order chi connectivity index (χ1) is 7.43. The molecule has 0 aromatic carbocycles. The van der Waals surface area contributed by atoms with Gasteiger partial charge in [0.1, 0.15) is 0 Å². The maximum absolute atomic E-state index is 11.9. The normalized spacial score (nSPS) is 31.2. The third-order valence-electron chi connectivity index (χ3n) is 3.74. The molecule has 0 radical (unpaired) electrons. The molecule has 1 aliphatic carbocycles. The lowest BCUT2D eigenvalue weighted by molar-refractivity contribution is -0.142. The zero-order valence-corrected chi connectivity index (χ0v) is 9.69. The van der Waals surface area contributed by atoms with Crippen LogP contribution < -0.4 is 5.32 Å². The molecule has 0 aromatic heterocycles. The average Bonchev–Trinajstić information content (AvgIpc) is 2.77. The third kappa shape index (κ3) is 1.99. The molecular weight excluding hydrogens is 208 g/mol. The molecule has 1 saturated heterocycles. The molecule has 2 fully saturated rings. The molecule has 2 atom stereocenters.